The molecule has 136 heavy (non-hydrogen) atoms. The topological polar surface area (TPSA) is 520 Å². The molecular formula is C98H129N23O15. The van der Waals surface area contributed by atoms with Gasteiger partial charge in [-0.1, -0.05) is 60.7 Å². The molecule has 38 nitrogen and oxygen atoms in total. The number of para-hydroxylation sites is 10. The van der Waals surface area contributed by atoms with E-state index >= 15 is 0 Å². The highest BCUT2D eigenvalue weighted by Gasteiger charge is 2.33. The SMILES string of the molecule is CC(C)(C)OC(=O)NCCCC(=O)NCc1nc2ccccc2[nH]1.CC(C)(C)OC(=O)NCCCCNCc1nc2ccccc2[nH]1.CN1Cc2cc(C(=O)N(CCCCN)Cc3nc4ccccc4[nH]3)ccc2N[C@@H](CC(=O)O)C1=O.COC(=O)C[C@@H]1Nc2ccc(C(=O)N(CCCCNC(=O)OC(C)(C)C)Cc3nc4ccccc4[nH]3)cc2CN(C)C1=O.NCc1nc2ccccc2[nH]1. The third-order valence-electron chi connectivity index (χ3n) is 21.0. The number of anilines is 2. The quantitative estimate of drug-likeness (QED) is 0.0103. The van der Waals surface area contributed by atoms with Crippen LogP contribution in [0.2, 0.25) is 0 Å². The van der Waals surface area contributed by atoms with Crippen LogP contribution in [-0.2, 0) is 88.7 Å². The van der Waals surface area contributed by atoms with Crippen molar-refractivity contribution < 1.29 is 72.0 Å². The van der Waals surface area contributed by atoms with E-state index in [0.717, 1.165) is 116 Å². The van der Waals surface area contributed by atoms with E-state index in [1.165, 1.54) is 16.9 Å². The average Bonchev–Trinajstić information content (AvgIpc) is 1.62. The van der Waals surface area contributed by atoms with Crippen molar-refractivity contribution in [3.8, 4) is 0 Å². The summed E-state index contributed by atoms with van der Waals surface area (Å²) >= 11 is 0. The van der Waals surface area contributed by atoms with E-state index in [-0.39, 0.29) is 68.1 Å². The van der Waals surface area contributed by atoms with Crippen molar-refractivity contribution in [1.29, 1.82) is 0 Å². The summed E-state index contributed by atoms with van der Waals surface area (Å²) in [5, 5.41) is 29.7. The summed E-state index contributed by atoms with van der Waals surface area (Å²) in [6, 6.07) is 47.8. The highest BCUT2D eigenvalue weighted by Crippen LogP contribution is 2.30. The van der Waals surface area contributed by atoms with Crippen LogP contribution >= 0.6 is 0 Å². The van der Waals surface area contributed by atoms with Gasteiger partial charge in [0, 0.05) is 88.8 Å². The van der Waals surface area contributed by atoms with E-state index in [0.29, 0.717) is 125 Å². The number of imidazole rings is 5. The van der Waals surface area contributed by atoms with Crippen molar-refractivity contribution >= 4 is 126 Å². The number of benzene rings is 7. The normalized spacial score (nSPS) is 13.5. The number of unbranched alkanes of at least 4 members (excludes halogenated alkanes) is 3. The number of ether oxygens (including phenoxy) is 4. The fourth-order valence-electron chi connectivity index (χ4n) is 14.6. The molecule has 0 saturated heterocycles. The molecule has 726 valence electrons. The second kappa shape index (κ2) is 50.0. The van der Waals surface area contributed by atoms with Crippen molar-refractivity contribution in [2.24, 2.45) is 11.5 Å². The standard InChI is InChI=1S/C31H40N6O6.C25H30N6O4.C17H24N4O3.C17H26N4O2.C8H9N3/c1-31(2,3)43-30(41)32-14-8-9-15-37(19-26-34-23-10-6-7-11-24(23)35-26)28(39)20-12-13-22-21(16-20)18-36(4)29(40)25(33-22)17-27(38)42-5;1-30-14-17-12-16(8-9-18(17)27-21(25(30)35)13-23(32)33)24(34)31(11-5-4-10-26)15-22-28-19-6-2-3-7-20(19)29-22;1-17(2,3)24-16(23)18-10-6-9-15(22)19-11-14-20-12-7-4-5-8-13(12)21-14;1-17(2,3)23-16(22)19-11-7-6-10-18-12-15-20-13-8-4-5-9-14(13)21-15;9-5-8-10-6-3-1-2-4-7(6)11-8/h6-7,10-13,16,25,33H,8-9,14-15,17-19H2,1-5H3,(H,32,41)(H,34,35);2-3,6-9,12,21,27H,4-5,10-11,13-15,26H2,1H3,(H,28,29)(H,32,33);4-5,7-8H,6,9-11H2,1-3H3,(H,18,23)(H,19,22)(H,20,21);4-5,8-9,18H,6-7,10-12H2,1-3H3,(H,19,22)(H,20,21);1-4H,5,9H2,(H,10,11)/t25-;21-;;;/m00.../s1. The van der Waals surface area contributed by atoms with Crippen LogP contribution < -0.4 is 48.7 Å². The van der Waals surface area contributed by atoms with Crippen LogP contribution in [0.4, 0.5) is 25.8 Å². The molecule has 2 aliphatic heterocycles. The third kappa shape index (κ3) is 33.3. The fourth-order valence-corrected chi connectivity index (χ4v) is 14.6. The van der Waals surface area contributed by atoms with Crippen LogP contribution in [0.25, 0.3) is 55.2 Å². The van der Waals surface area contributed by atoms with Gasteiger partial charge in [0.25, 0.3) is 11.8 Å². The van der Waals surface area contributed by atoms with Crippen molar-refractivity contribution in [3.63, 3.8) is 0 Å². The molecule has 0 saturated carbocycles. The van der Waals surface area contributed by atoms with E-state index in [9.17, 15) is 47.9 Å². The summed E-state index contributed by atoms with van der Waals surface area (Å²) in [6.07, 6.45) is 3.90. The van der Waals surface area contributed by atoms with Crippen molar-refractivity contribution in [2.75, 3.05) is 77.7 Å². The Morgan fingerprint density at radius 3 is 1.18 bits per heavy atom. The largest absolute Gasteiger partial charge is 0.481 e. The average molecular weight is 1870 g/mol. The smallest absolute Gasteiger partial charge is 0.407 e. The van der Waals surface area contributed by atoms with Crippen LogP contribution in [0, 0.1) is 0 Å². The number of alkyl carbamates (subject to hydrolysis) is 3. The Bertz CT molecular complexity index is 5850. The lowest BCUT2D eigenvalue weighted by molar-refractivity contribution is -0.143. The number of hydrogen-bond donors (Lipinski definition) is 15. The van der Waals surface area contributed by atoms with Gasteiger partial charge < -0.3 is 117 Å². The number of aromatic amines is 5. The number of likely N-dealkylation sites (N-methyl/N-ethyl adjacent to an activating group) is 2. The summed E-state index contributed by atoms with van der Waals surface area (Å²) in [6.45, 7) is 22.9. The van der Waals surface area contributed by atoms with Gasteiger partial charge in [-0.3, -0.25) is 33.6 Å². The predicted octanol–water partition coefficient (Wildman–Crippen LogP) is 12.5. The molecule has 0 fully saturated rings. The molecule has 0 spiro atoms. The summed E-state index contributed by atoms with van der Waals surface area (Å²) in [4.78, 5) is 168. The minimum atomic E-state index is -1.06. The number of carboxylic acid groups (broad SMARTS) is 1. The van der Waals surface area contributed by atoms with Gasteiger partial charge in [-0.05, 0) is 229 Å². The molecule has 0 unspecified atom stereocenters. The summed E-state index contributed by atoms with van der Waals surface area (Å²) in [5.74, 6) is 1.36. The van der Waals surface area contributed by atoms with E-state index in [4.69, 9.17) is 35.5 Å². The second-order valence-electron chi connectivity index (χ2n) is 35.8. The molecule has 5 aromatic heterocycles. The van der Waals surface area contributed by atoms with Crippen molar-refractivity contribution in [1.82, 2.24) is 96.0 Å². The molecule has 14 rings (SSSR count). The van der Waals surface area contributed by atoms with Crippen molar-refractivity contribution in [3.05, 3.63) is 209 Å². The predicted molar refractivity (Wildman–Crippen MR) is 520 cm³/mol. The number of amides is 8. The maximum absolute atomic E-state index is 13.9. The lowest BCUT2D eigenvalue weighted by Gasteiger charge is -2.23. The zero-order chi connectivity index (χ0) is 98.1. The molecule has 0 radical (unpaired) electrons. The van der Waals surface area contributed by atoms with Crippen LogP contribution in [0.15, 0.2) is 158 Å². The van der Waals surface area contributed by atoms with Crippen LogP contribution in [-0.4, -0.2) is 230 Å². The van der Waals surface area contributed by atoms with E-state index in [1.807, 2.05) is 163 Å². The molecule has 12 aromatic rings. The number of nitrogens with zero attached hydrogens (tertiary/aromatic N) is 9. The molecule has 38 heteroatoms. The lowest BCUT2D eigenvalue weighted by atomic mass is 10.1. The number of nitrogens with one attached hydrogen (secondary N) is 12. The summed E-state index contributed by atoms with van der Waals surface area (Å²) < 4.78 is 20.3. The fraction of sp³-hybridized carbons (Fsp3) is 0.418. The first-order valence-corrected chi connectivity index (χ1v) is 45.6. The van der Waals surface area contributed by atoms with Crippen LogP contribution in [0.3, 0.4) is 0 Å². The van der Waals surface area contributed by atoms with E-state index in [1.54, 1.807) is 81.1 Å². The molecule has 2 aliphatic rings. The molecular weight excluding hydrogens is 1740 g/mol. The zero-order valence-corrected chi connectivity index (χ0v) is 79.5. The Balaban J connectivity index is 0.000000185. The number of rotatable bonds is 33. The number of esters is 1. The Hall–Kier alpha value is -14.5. The first kappa shape index (κ1) is 104. The Morgan fingerprint density at radius 1 is 0.441 bits per heavy atom. The van der Waals surface area contributed by atoms with Gasteiger partial charge >= 0.3 is 30.2 Å². The molecule has 7 heterocycles. The third-order valence-corrected chi connectivity index (χ3v) is 21.0. The van der Waals surface area contributed by atoms with Gasteiger partial charge in [0.15, 0.2) is 0 Å². The van der Waals surface area contributed by atoms with E-state index in [2.05, 4.69) is 87.1 Å². The Labute approximate surface area is 789 Å². The molecule has 17 N–H and O–H groups in total. The van der Waals surface area contributed by atoms with Gasteiger partial charge in [0.05, 0.1) is 108 Å². The van der Waals surface area contributed by atoms with Gasteiger partial charge in [0.2, 0.25) is 17.7 Å². The molecule has 7 aromatic carbocycles. The molecule has 0 bridgehead atoms. The first-order chi connectivity index (χ1) is 64.9. The van der Waals surface area contributed by atoms with E-state index < -0.39 is 53.0 Å². The number of carboxylic acids is 1. The number of hydrogen-bond acceptors (Lipinski definition) is 24. The second-order valence-corrected chi connectivity index (χ2v) is 35.8. The first-order valence-electron chi connectivity index (χ1n) is 45.6. The number of nitrogens with two attached hydrogens (primary N) is 2. The highest BCUT2D eigenvalue weighted by atomic mass is 16.6. The minimum Gasteiger partial charge on any atom is -0.481 e. The lowest BCUT2D eigenvalue weighted by Crippen LogP contribution is -2.39. The van der Waals surface area contributed by atoms with Crippen molar-refractivity contribution in [2.45, 2.75) is 201 Å². The number of fused-ring (bicyclic) bond motifs is 7. The molecule has 8 amide bonds. The maximum Gasteiger partial charge on any atom is 0.407 e. The summed E-state index contributed by atoms with van der Waals surface area (Å²) in [7, 11) is 4.58. The maximum atomic E-state index is 13.9. The summed E-state index contributed by atoms with van der Waals surface area (Å²) in [5.41, 5.74) is 22.7. The zero-order valence-electron chi connectivity index (χ0n) is 79.5. The van der Waals surface area contributed by atoms with Gasteiger partial charge in [-0.25, -0.2) is 39.3 Å². The minimum absolute atomic E-state index is 0.0820. The number of carbonyl (C=O) groups is 10. The Morgan fingerprint density at radius 2 is 0.794 bits per heavy atom. The van der Waals surface area contributed by atoms with Gasteiger partial charge in [-0.2, -0.15) is 0 Å². The van der Waals surface area contributed by atoms with Crippen LogP contribution in [0.1, 0.15) is 187 Å². The number of H-pyrrole nitrogens is 5. The highest BCUT2D eigenvalue weighted by molar-refractivity contribution is 5.97. The number of methoxy groups -OCH3 is 1. The van der Waals surface area contributed by atoms with Gasteiger partial charge in [0.1, 0.15) is 58.0 Å². The number of carbonyl (C=O) groups excluding carboxylic acids is 9. The Kier molecular flexibility index (Phi) is 38.1. The van der Waals surface area contributed by atoms with Crippen LogP contribution in [0.5, 0.6) is 0 Å². The monoisotopic (exact) mass is 1870 g/mol. The number of aromatic nitrogens is 10. The van der Waals surface area contributed by atoms with Gasteiger partial charge in [-0.15, -0.1) is 0 Å². The number of aliphatic carboxylic acids is 1. The molecule has 2 atom stereocenters. The molecule has 0 aliphatic carbocycles.